The molecule has 0 fully saturated rings. The van der Waals surface area contributed by atoms with Crippen molar-refractivity contribution < 1.29 is 23.9 Å². The van der Waals surface area contributed by atoms with Gasteiger partial charge >= 0.3 is 5.97 Å². The Hall–Kier alpha value is -2.41. The molecular formula is C15H20N2O5. The number of carbonyl (C=O) groups excluding carboxylic acids is 3. The minimum atomic E-state index is -1.11. The molecule has 120 valence electrons. The molecule has 0 spiro atoms. The number of carbonyl (C=O) groups is 3. The van der Waals surface area contributed by atoms with Gasteiger partial charge in [-0.05, 0) is 12.5 Å². The van der Waals surface area contributed by atoms with Crippen LogP contribution in [-0.2, 0) is 30.5 Å². The van der Waals surface area contributed by atoms with Gasteiger partial charge in [0.15, 0.2) is 0 Å². The Kier molecular flexibility index (Phi) is 7.63. The molecule has 2 amide bonds. The van der Waals surface area contributed by atoms with Crippen molar-refractivity contribution in [1.29, 1.82) is 0 Å². The Bertz CT molecular complexity index is 504. The summed E-state index contributed by atoms with van der Waals surface area (Å²) >= 11 is 0. The van der Waals surface area contributed by atoms with Gasteiger partial charge in [-0.1, -0.05) is 30.3 Å². The van der Waals surface area contributed by atoms with Gasteiger partial charge in [0.2, 0.25) is 11.8 Å². The third-order valence-electron chi connectivity index (χ3n) is 2.73. The van der Waals surface area contributed by atoms with Crippen LogP contribution >= 0.6 is 0 Å². The van der Waals surface area contributed by atoms with Gasteiger partial charge in [-0.2, -0.15) is 0 Å². The van der Waals surface area contributed by atoms with Gasteiger partial charge in [0, 0.05) is 6.61 Å². The van der Waals surface area contributed by atoms with E-state index in [1.54, 1.807) is 6.92 Å². The average molecular weight is 308 g/mol. The van der Waals surface area contributed by atoms with E-state index in [4.69, 9.17) is 15.2 Å². The quantitative estimate of drug-likeness (QED) is 0.630. The van der Waals surface area contributed by atoms with E-state index in [0.29, 0.717) is 6.61 Å². The molecule has 0 saturated heterocycles. The van der Waals surface area contributed by atoms with Crippen LogP contribution in [-0.4, -0.2) is 37.0 Å². The third-order valence-corrected chi connectivity index (χ3v) is 2.73. The monoisotopic (exact) mass is 308 g/mol. The fourth-order valence-electron chi connectivity index (χ4n) is 1.62. The normalized spacial score (nSPS) is 11.5. The largest absolute Gasteiger partial charge is 0.461 e. The van der Waals surface area contributed by atoms with E-state index in [9.17, 15) is 14.4 Å². The number of benzene rings is 1. The van der Waals surface area contributed by atoms with Crippen LogP contribution < -0.4 is 11.1 Å². The number of nitrogens with one attached hydrogen (secondary N) is 1. The molecule has 0 saturated carbocycles. The second kappa shape index (κ2) is 9.51. The van der Waals surface area contributed by atoms with Gasteiger partial charge in [0.25, 0.3) is 0 Å². The van der Waals surface area contributed by atoms with Crippen molar-refractivity contribution in [2.24, 2.45) is 5.73 Å². The number of primary amides is 1. The molecular weight excluding hydrogens is 288 g/mol. The summed E-state index contributed by atoms with van der Waals surface area (Å²) in [5.41, 5.74) is 5.99. The summed E-state index contributed by atoms with van der Waals surface area (Å²) in [5, 5.41) is 2.34. The first-order chi connectivity index (χ1) is 10.5. The van der Waals surface area contributed by atoms with E-state index >= 15 is 0 Å². The van der Waals surface area contributed by atoms with Crippen LogP contribution in [0.5, 0.6) is 0 Å². The number of nitrogens with two attached hydrogens (primary N) is 1. The van der Waals surface area contributed by atoms with Gasteiger partial charge < -0.3 is 20.5 Å². The number of hydrogen-bond donors (Lipinski definition) is 2. The number of ether oxygens (including phenoxy) is 2. The van der Waals surface area contributed by atoms with E-state index in [-0.39, 0.29) is 19.6 Å². The fourth-order valence-corrected chi connectivity index (χ4v) is 1.62. The van der Waals surface area contributed by atoms with Gasteiger partial charge in [-0.25, -0.2) is 0 Å². The standard InChI is InChI=1S/C15H20N2O5/c1-2-21-10-13(18)17-12(15(16)20)8-14(19)22-9-11-6-4-3-5-7-11/h3-7,12H,2,8-10H2,1H3,(H2,16,20)(H,17,18)/t12-/m1/s1. The summed E-state index contributed by atoms with van der Waals surface area (Å²) < 4.78 is 9.95. The first-order valence-electron chi connectivity index (χ1n) is 6.89. The Labute approximate surface area is 128 Å². The zero-order chi connectivity index (χ0) is 16.4. The molecule has 0 aliphatic rings. The maximum absolute atomic E-state index is 11.7. The van der Waals surface area contributed by atoms with Crippen molar-refractivity contribution in [1.82, 2.24) is 5.32 Å². The molecule has 0 aliphatic heterocycles. The van der Waals surface area contributed by atoms with Crippen LogP contribution in [0, 0.1) is 0 Å². The second-order valence-corrected chi connectivity index (χ2v) is 4.51. The number of amides is 2. The first kappa shape index (κ1) is 17.6. The topological polar surface area (TPSA) is 108 Å². The molecule has 3 N–H and O–H groups in total. The molecule has 0 aromatic heterocycles. The zero-order valence-electron chi connectivity index (χ0n) is 12.4. The zero-order valence-corrected chi connectivity index (χ0v) is 12.4. The van der Waals surface area contributed by atoms with Crippen molar-refractivity contribution in [3.05, 3.63) is 35.9 Å². The lowest BCUT2D eigenvalue weighted by Gasteiger charge is -2.15. The maximum atomic E-state index is 11.7. The minimum absolute atomic E-state index is 0.0953. The first-order valence-corrected chi connectivity index (χ1v) is 6.89. The van der Waals surface area contributed by atoms with Crippen molar-refractivity contribution >= 4 is 17.8 Å². The average Bonchev–Trinajstić information content (AvgIpc) is 2.51. The van der Waals surface area contributed by atoms with Crippen LogP contribution in [0.25, 0.3) is 0 Å². The Morgan fingerprint density at radius 3 is 2.50 bits per heavy atom. The third kappa shape index (κ3) is 6.85. The molecule has 0 aliphatic carbocycles. The van der Waals surface area contributed by atoms with Crippen molar-refractivity contribution in [3.8, 4) is 0 Å². The van der Waals surface area contributed by atoms with Crippen LogP contribution in [0.1, 0.15) is 18.9 Å². The SMILES string of the molecule is CCOCC(=O)N[C@H](CC(=O)OCc1ccccc1)C(N)=O. The number of hydrogen-bond acceptors (Lipinski definition) is 5. The molecule has 1 aromatic carbocycles. The lowest BCUT2D eigenvalue weighted by atomic mass is 10.2. The van der Waals surface area contributed by atoms with Crippen LogP contribution in [0.15, 0.2) is 30.3 Å². The highest BCUT2D eigenvalue weighted by atomic mass is 16.5. The Balaban J connectivity index is 2.43. The summed E-state index contributed by atoms with van der Waals surface area (Å²) in [6.45, 7) is 2.00. The van der Waals surface area contributed by atoms with Crippen molar-refractivity contribution in [2.75, 3.05) is 13.2 Å². The van der Waals surface area contributed by atoms with E-state index in [2.05, 4.69) is 5.32 Å². The minimum Gasteiger partial charge on any atom is -0.461 e. The fraction of sp³-hybridized carbons (Fsp3) is 0.400. The Morgan fingerprint density at radius 1 is 1.23 bits per heavy atom. The highest BCUT2D eigenvalue weighted by molar-refractivity contribution is 5.90. The molecule has 7 nitrogen and oxygen atoms in total. The lowest BCUT2D eigenvalue weighted by molar-refractivity contribution is -0.147. The van der Waals surface area contributed by atoms with Crippen molar-refractivity contribution in [3.63, 3.8) is 0 Å². The van der Waals surface area contributed by atoms with Crippen molar-refractivity contribution in [2.45, 2.75) is 26.0 Å². The predicted molar refractivity (Wildman–Crippen MR) is 78.5 cm³/mol. The van der Waals surface area contributed by atoms with Gasteiger partial charge in [0.05, 0.1) is 6.42 Å². The molecule has 0 heterocycles. The highest BCUT2D eigenvalue weighted by Crippen LogP contribution is 2.03. The number of esters is 1. The summed E-state index contributed by atoms with van der Waals surface area (Å²) in [7, 11) is 0. The number of rotatable bonds is 9. The molecule has 0 unspecified atom stereocenters. The molecule has 1 aromatic rings. The summed E-state index contributed by atoms with van der Waals surface area (Å²) in [5.74, 6) is -1.94. The molecule has 0 radical (unpaired) electrons. The molecule has 1 rings (SSSR count). The van der Waals surface area contributed by atoms with E-state index in [0.717, 1.165) is 5.56 Å². The summed E-state index contributed by atoms with van der Waals surface area (Å²) in [4.78, 5) is 34.5. The molecule has 7 heteroatoms. The van der Waals surface area contributed by atoms with Crippen LogP contribution in [0.2, 0.25) is 0 Å². The molecule has 1 atom stereocenters. The van der Waals surface area contributed by atoms with E-state index in [1.807, 2.05) is 30.3 Å². The second-order valence-electron chi connectivity index (χ2n) is 4.51. The molecule has 0 bridgehead atoms. The maximum Gasteiger partial charge on any atom is 0.308 e. The van der Waals surface area contributed by atoms with Gasteiger partial charge in [0.1, 0.15) is 19.3 Å². The van der Waals surface area contributed by atoms with Crippen LogP contribution in [0.4, 0.5) is 0 Å². The smallest absolute Gasteiger partial charge is 0.308 e. The highest BCUT2D eigenvalue weighted by Gasteiger charge is 2.22. The van der Waals surface area contributed by atoms with Gasteiger partial charge in [-0.3, -0.25) is 14.4 Å². The predicted octanol–water partition coefficient (Wildman–Crippen LogP) is 0.126. The molecule has 22 heavy (non-hydrogen) atoms. The van der Waals surface area contributed by atoms with E-state index < -0.39 is 23.8 Å². The Morgan fingerprint density at radius 2 is 1.91 bits per heavy atom. The van der Waals surface area contributed by atoms with Crippen LogP contribution in [0.3, 0.4) is 0 Å². The van der Waals surface area contributed by atoms with E-state index in [1.165, 1.54) is 0 Å². The summed E-state index contributed by atoms with van der Waals surface area (Å²) in [6, 6.07) is 8.00. The summed E-state index contributed by atoms with van der Waals surface area (Å²) in [6.07, 6.45) is -0.319. The van der Waals surface area contributed by atoms with Gasteiger partial charge in [-0.15, -0.1) is 0 Å². The lowest BCUT2D eigenvalue weighted by Crippen LogP contribution is -2.47.